The Morgan fingerprint density at radius 1 is 1.20 bits per heavy atom. The zero-order chi connectivity index (χ0) is 24.1. The van der Waals surface area contributed by atoms with E-state index in [9.17, 15) is 4.79 Å². The summed E-state index contributed by atoms with van der Waals surface area (Å²) in [5, 5.41) is 7.66. The van der Waals surface area contributed by atoms with Gasteiger partial charge in [0.2, 0.25) is 0 Å². The maximum Gasteiger partial charge on any atom is 0.254 e. The number of methoxy groups -OCH3 is 1. The molecule has 5 rings (SSSR count). The third-order valence-corrected chi connectivity index (χ3v) is 7.04. The summed E-state index contributed by atoms with van der Waals surface area (Å²) in [5.74, 6) is 0.818. The first kappa shape index (κ1) is 23.7. The first-order chi connectivity index (χ1) is 17.2. The maximum atomic E-state index is 13.4. The van der Waals surface area contributed by atoms with E-state index in [1.807, 2.05) is 6.07 Å². The molecule has 186 valence electrons. The molecule has 3 aromatic heterocycles. The first-order valence-corrected chi connectivity index (χ1v) is 12.2. The number of nitrogens with zero attached hydrogens (tertiary/aromatic N) is 5. The Morgan fingerprint density at radius 3 is 2.77 bits per heavy atom. The van der Waals surface area contributed by atoms with Crippen LogP contribution in [0.25, 0.3) is 17.4 Å². The molecule has 0 aromatic carbocycles. The molecule has 1 saturated carbocycles. The SMILES string of the molecule is COCc1c(C(=O)NCC2(N3CCOCC3)CCCCC2)cnn1-c1nccc(-c2ccco2)n1. The molecule has 0 atom stereocenters. The summed E-state index contributed by atoms with van der Waals surface area (Å²) in [4.78, 5) is 24.9. The molecule has 10 heteroatoms. The molecule has 2 fully saturated rings. The van der Waals surface area contributed by atoms with Gasteiger partial charge in [-0.3, -0.25) is 9.69 Å². The Morgan fingerprint density at radius 2 is 2.03 bits per heavy atom. The molecule has 3 aromatic rings. The number of hydrogen-bond acceptors (Lipinski definition) is 8. The van der Waals surface area contributed by atoms with Crippen molar-refractivity contribution in [3.05, 3.63) is 48.1 Å². The van der Waals surface area contributed by atoms with Crippen LogP contribution in [0.15, 0.2) is 41.3 Å². The Balaban J connectivity index is 1.37. The Labute approximate surface area is 204 Å². The number of furan rings is 1. The van der Waals surface area contributed by atoms with Crippen molar-refractivity contribution in [1.29, 1.82) is 0 Å². The molecule has 0 spiro atoms. The summed E-state index contributed by atoms with van der Waals surface area (Å²) in [6.07, 6.45) is 10.6. The Kier molecular flexibility index (Phi) is 7.21. The molecule has 1 amide bonds. The van der Waals surface area contributed by atoms with Crippen molar-refractivity contribution < 1.29 is 18.7 Å². The number of amides is 1. The third-order valence-electron chi connectivity index (χ3n) is 7.04. The van der Waals surface area contributed by atoms with Crippen molar-refractivity contribution in [2.75, 3.05) is 40.0 Å². The van der Waals surface area contributed by atoms with Crippen LogP contribution in [0.4, 0.5) is 0 Å². The third kappa shape index (κ3) is 5.00. The van der Waals surface area contributed by atoms with Gasteiger partial charge in [-0.15, -0.1) is 0 Å². The highest BCUT2D eigenvalue weighted by Crippen LogP contribution is 2.34. The van der Waals surface area contributed by atoms with Gasteiger partial charge >= 0.3 is 0 Å². The summed E-state index contributed by atoms with van der Waals surface area (Å²) < 4.78 is 18.0. The van der Waals surface area contributed by atoms with Crippen molar-refractivity contribution in [2.24, 2.45) is 0 Å². The van der Waals surface area contributed by atoms with E-state index in [0.29, 0.717) is 35.2 Å². The molecule has 0 radical (unpaired) electrons. The van der Waals surface area contributed by atoms with Crippen LogP contribution in [-0.2, 0) is 16.1 Å². The summed E-state index contributed by atoms with van der Waals surface area (Å²) in [6, 6.07) is 5.41. The summed E-state index contributed by atoms with van der Waals surface area (Å²) in [6.45, 7) is 4.12. The van der Waals surface area contributed by atoms with E-state index in [-0.39, 0.29) is 18.1 Å². The highest BCUT2D eigenvalue weighted by atomic mass is 16.5. The largest absolute Gasteiger partial charge is 0.463 e. The second kappa shape index (κ2) is 10.7. The Hall–Kier alpha value is -3.08. The van der Waals surface area contributed by atoms with Crippen LogP contribution in [0.2, 0.25) is 0 Å². The van der Waals surface area contributed by atoms with E-state index in [2.05, 4.69) is 25.3 Å². The van der Waals surface area contributed by atoms with Crippen LogP contribution in [0, 0.1) is 0 Å². The zero-order valence-electron chi connectivity index (χ0n) is 20.1. The zero-order valence-corrected chi connectivity index (χ0v) is 20.1. The van der Waals surface area contributed by atoms with Crippen LogP contribution in [0.1, 0.15) is 48.2 Å². The molecule has 1 saturated heterocycles. The van der Waals surface area contributed by atoms with Crippen LogP contribution in [-0.4, -0.2) is 76.1 Å². The van der Waals surface area contributed by atoms with Crippen LogP contribution >= 0.6 is 0 Å². The van der Waals surface area contributed by atoms with E-state index in [4.69, 9.17) is 13.9 Å². The fraction of sp³-hybridized carbons (Fsp3) is 0.520. The summed E-state index contributed by atoms with van der Waals surface area (Å²) in [7, 11) is 1.59. The minimum absolute atomic E-state index is 0.0183. The van der Waals surface area contributed by atoms with Crippen LogP contribution in [0.5, 0.6) is 0 Å². The number of carbonyl (C=O) groups is 1. The van der Waals surface area contributed by atoms with Gasteiger partial charge < -0.3 is 19.2 Å². The Bertz CT molecular complexity index is 1120. The summed E-state index contributed by atoms with van der Waals surface area (Å²) >= 11 is 0. The average Bonchev–Trinajstić information content (AvgIpc) is 3.60. The second-order valence-corrected chi connectivity index (χ2v) is 9.14. The van der Waals surface area contributed by atoms with E-state index >= 15 is 0 Å². The van der Waals surface area contributed by atoms with Crippen molar-refractivity contribution >= 4 is 5.91 Å². The number of aromatic nitrogens is 4. The minimum atomic E-state index is -0.163. The fourth-order valence-corrected chi connectivity index (χ4v) is 5.22. The molecular weight excluding hydrogens is 448 g/mol. The molecule has 10 nitrogen and oxygen atoms in total. The topological polar surface area (TPSA) is 108 Å². The predicted octanol–water partition coefficient (Wildman–Crippen LogP) is 2.83. The number of nitrogens with one attached hydrogen (secondary N) is 1. The molecule has 35 heavy (non-hydrogen) atoms. The summed E-state index contributed by atoms with van der Waals surface area (Å²) in [5.41, 5.74) is 1.68. The normalized spacial score (nSPS) is 18.4. The van der Waals surface area contributed by atoms with Crippen molar-refractivity contribution in [2.45, 2.75) is 44.2 Å². The van der Waals surface area contributed by atoms with Gasteiger partial charge in [0.15, 0.2) is 5.76 Å². The van der Waals surface area contributed by atoms with Crippen molar-refractivity contribution in [3.8, 4) is 17.4 Å². The van der Waals surface area contributed by atoms with Gasteiger partial charge in [-0.2, -0.15) is 9.78 Å². The van der Waals surface area contributed by atoms with E-state index in [1.54, 1.807) is 42.6 Å². The van der Waals surface area contributed by atoms with E-state index in [0.717, 1.165) is 39.1 Å². The lowest BCUT2D eigenvalue weighted by Gasteiger charge is -2.48. The second-order valence-electron chi connectivity index (χ2n) is 9.14. The standard InChI is InChI=1S/C25H32N6O4/c1-33-17-21-19(16-28-31(21)24-26-10-7-20(29-24)22-6-5-13-35-22)23(32)27-18-25(8-3-2-4-9-25)30-11-14-34-15-12-30/h5-7,10,13,16H,2-4,8-9,11-12,14-15,17-18H2,1H3,(H,27,32). The van der Waals surface area contributed by atoms with Gasteiger partial charge in [0.25, 0.3) is 11.9 Å². The maximum absolute atomic E-state index is 13.4. The highest BCUT2D eigenvalue weighted by molar-refractivity contribution is 5.95. The molecule has 0 bridgehead atoms. The van der Waals surface area contributed by atoms with Gasteiger partial charge in [-0.1, -0.05) is 19.3 Å². The van der Waals surface area contributed by atoms with Gasteiger partial charge in [0, 0.05) is 38.5 Å². The number of ether oxygens (including phenoxy) is 2. The molecular formula is C25H32N6O4. The predicted molar refractivity (Wildman–Crippen MR) is 128 cm³/mol. The van der Waals surface area contributed by atoms with E-state index < -0.39 is 0 Å². The lowest BCUT2D eigenvalue weighted by molar-refractivity contribution is -0.0361. The first-order valence-electron chi connectivity index (χ1n) is 12.2. The number of rotatable bonds is 8. The number of carbonyl (C=O) groups excluding carboxylic acids is 1. The molecule has 0 unspecified atom stereocenters. The molecule has 4 heterocycles. The quantitative estimate of drug-likeness (QED) is 0.525. The smallest absolute Gasteiger partial charge is 0.254 e. The fourth-order valence-electron chi connectivity index (χ4n) is 5.22. The average molecular weight is 481 g/mol. The molecule has 1 aliphatic carbocycles. The lowest BCUT2D eigenvalue weighted by Crippen LogP contribution is -2.59. The van der Waals surface area contributed by atoms with Crippen molar-refractivity contribution in [1.82, 2.24) is 30.0 Å². The van der Waals surface area contributed by atoms with Gasteiger partial charge in [0.05, 0.1) is 43.5 Å². The van der Waals surface area contributed by atoms with Gasteiger partial charge in [-0.25, -0.2) is 9.97 Å². The number of morpholine rings is 1. The monoisotopic (exact) mass is 480 g/mol. The van der Waals surface area contributed by atoms with Crippen LogP contribution < -0.4 is 5.32 Å². The van der Waals surface area contributed by atoms with Gasteiger partial charge in [0.1, 0.15) is 5.69 Å². The highest BCUT2D eigenvalue weighted by Gasteiger charge is 2.39. The lowest BCUT2D eigenvalue weighted by atomic mass is 9.79. The molecule has 2 aliphatic rings. The van der Waals surface area contributed by atoms with Crippen LogP contribution in [0.3, 0.4) is 0 Å². The van der Waals surface area contributed by atoms with Gasteiger partial charge in [-0.05, 0) is 31.0 Å². The molecule has 1 aliphatic heterocycles. The van der Waals surface area contributed by atoms with E-state index in [1.165, 1.54) is 19.3 Å². The minimum Gasteiger partial charge on any atom is -0.463 e. The van der Waals surface area contributed by atoms with Crippen molar-refractivity contribution in [3.63, 3.8) is 0 Å². The molecule has 1 N–H and O–H groups in total. The number of hydrogen-bond donors (Lipinski definition) is 1.